The first-order chi connectivity index (χ1) is 6.24. The number of imidazole rings is 1. The molecule has 0 aliphatic carbocycles. The molecular weight excluding hydrogens is 184 g/mol. The first-order valence-electron chi connectivity index (χ1n) is 4.39. The molecule has 1 aromatic rings. The molecule has 0 spiro atoms. The fourth-order valence-corrected chi connectivity index (χ4v) is 2.03. The van der Waals surface area contributed by atoms with Gasteiger partial charge in [0, 0.05) is 26.0 Å². The lowest BCUT2D eigenvalue weighted by Crippen LogP contribution is -2.04. The van der Waals surface area contributed by atoms with Crippen molar-refractivity contribution in [3.8, 4) is 0 Å². The number of aromatic nitrogens is 2. The SMILES string of the molecule is CC(CO)CSCc1nccn1C. The minimum atomic E-state index is 0.271. The summed E-state index contributed by atoms with van der Waals surface area (Å²) in [4.78, 5) is 4.22. The van der Waals surface area contributed by atoms with Crippen LogP contribution in [0.5, 0.6) is 0 Å². The Kier molecular flexibility index (Phi) is 4.32. The summed E-state index contributed by atoms with van der Waals surface area (Å²) in [5, 5.41) is 8.81. The Balaban J connectivity index is 2.24. The van der Waals surface area contributed by atoms with E-state index < -0.39 is 0 Å². The Bertz CT molecular complexity index is 250. The smallest absolute Gasteiger partial charge is 0.118 e. The van der Waals surface area contributed by atoms with E-state index in [1.54, 1.807) is 0 Å². The van der Waals surface area contributed by atoms with E-state index in [-0.39, 0.29) is 6.61 Å². The molecular formula is C9H16N2OS. The van der Waals surface area contributed by atoms with Crippen molar-refractivity contribution in [1.82, 2.24) is 9.55 Å². The Hall–Kier alpha value is -0.480. The molecule has 1 aromatic heterocycles. The van der Waals surface area contributed by atoms with Gasteiger partial charge in [0.15, 0.2) is 0 Å². The summed E-state index contributed by atoms with van der Waals surface area (Å²) >= 11 is 1.81. The second-order valence-electron chi connectivity index (χ2n) is 3.26. The van der Waals surface area contributed by atoms with Gasteiger partial charge in [0.25, 0.3) is 0 Å². The molecule has 4 heteroatoms. The van der Waals surface area contributed by atoms with E-state index in [0.717, 1.165) is 17.3 Å². The lowest BCUT2D eigenvalue weighted by Gasteiger charge is -2.06. The van der Waals surface area contributed by atoms with E-state index in [1.165, 1.54) is 0 Å². The van der Waals surface area contributed by atoms with Gasteiger partial charge in [0.05, 0.1) is 5.75 Å². The van der Waals surface area contributed by atoms with Crippen molar-refractivity contribution in [2.75, 3.05) is 12.4 Å². The summed E-state index contributed by atoms with van der Waals surface area (Å²) in [5.74, 6) is 3.39. The van der Waals surface area contributed by atoms with Crippen LogP contribution in [-0.4, -0.2) is 27.0 Å². The summed E-state index contributed by atoms with van der Waals surface area (Å²) in [7, 11) is 2.00. The molecule has 1 heterocycles. The fourth-order valence-electron chi connectivity index (χ4n) is 0.940. The third-order valence-electron chi connectivity index (χ3n) is 1.87. The second-order valence-corrected chi connectivity index (χ2v) is 4.29. The molecule has 0 radical (unpaired) electrons. The standard InChI is InChI=1S/C9H16N2OS/c1-8(5-12)6-13-7-9-10-3-4-11(9)2/h3-4,8,12H,5-7H2,1-2H3. The van der Waals surface area contributed by atoms with Gasteiger partial charge in [0.2, 0.25) is 0 Å². The first kappa shape index (κ1) is 10.6. The van der Waals surface area contributed by atoms with E-state index >= 15 is 0 Å². The van der Waals surface area contributed by atoms with E-state index in [2.05, 4.69) is 4.98 Å². The lowest BCUT2D eigenvalue weighted by atomic mass is 10.2. The third kappa shape index (κ3) is 3.40. The van der Waals surface area contributed by atoms with Gasteiger partial charge in [-0.1, -0.05) is 6.92 Å². The Labute approximate surface area is 83.2 Å². The number of rotatable bonds is 5. The molecule has 0 aromatic carbocycles. The molecule has 1 atom stereocenters. The van der Waals surface area contributed by atoms with Gasteiger partial charge < -0.3 is 9.67 Å². The topological polar surface area (TPSA) is 38.1 Å². The van der Waals surface area contributed by atoms with Crippen LogP contribution in [0.15, 0.2) is 12.4 Å². The molecule has 0 bridgehead atoms. The molecule has 1 unspecified atom stereocenters. The first-order valence-corrected chi connectivity index (χ1v) is 5.54. The van der Waals surface area contributed by atoms with Crippen molar-refractivity contribution in [1.29, 1.82) is 0 Å². The van der Waals surface area contributed by atoms with Crippen molar-refractivity contribution in [3.05, 3.63) is 18.2 Å². The van der Waals surface area contributed by atoms with Crippen LogP contribution in [0.1, 0.15) is 12.7 Å². The quantitative estimate of drug-likeness (QED) is 0.778. The van der Waals surface area contributed by atoms with Gasteiger partial charge in [-0.05, 0) is 11.7 Å². The Morgan fingerprint density at radius 2 is 2.46 bits per heavy atom. The molecule has 1 rings (SSSR count). The largest absolute Gasteiger partial charge is 0.396 e. The molecule has 0 aliphatic rings. The van der Waals surface area contributed by atoms with Crippen molar-refractivity contribution >= 4 is 11.8 Å². The summed E-state index contributed by atoms with van der Waals surface area (Å²) in [6, 6.07) is 0. The van der Waals surface area contributed by atoms with Gasteiger partial charge in [-0.3, -0.25) is 0 Å². The van der Waals surface area contributed by atoms with Crippen LogP contribution in [-0.2, 0) is 12.8 Å². The van der Waals surface area contributed by atoms with Crippen LogP contribution in [0.2, 0.25) is 0 Å². The minimum Gasteiger partial charge on any atom is -0.396 e. The predicted octanol–water partition coefficient (Wildman–Crippen LogP) is 1.28. The van der Waals surface area contributed by atoms with E-state index in [9.17, 15) is 0 Å². The van der Waals surface area contributed by atoms with Crippen LogP contribution < -0.4 is 0 Å². The highest BCUT2D eigenvalue weighted by molar-refractivity contribution is 7.98. The maximum absolute atomic E-state index is 8.81. The molecule has 1 N–H and O–H groups in total. The second kappa shape index (κ2) is 5.29. The highest BCUT2D eigenvalue weighted by Gasteiger charge is 2.02. The molecule has 0 saturated carbocycles. The highest BCUT2D eigenvalue weighted by Crippen LogP contribution is 2.13. The van der Waals surface area contributed by atoms with Crippen LogP contribution in [0, 0.1) is 5.92 Å². The van der Waals surface area contributed by atoms with Crippen molar-refractivity contribution < 1.29 is 5.11 Å². The molecule has 74 valence electrons. The maximum Gasteiger partial charge on any atom is 0.118 e. The van der Waals surface area contributed by atoms with Crippen LogP contribution in [0.4, 0.5) is 0 Å². The number of aliphatic hydroxyl groups is 1. The molecule has 0 saturated heterocycles. The van der Waals surface area contributed by atoms with Gasteiger partial charge in [-0.25, -0.2) is 4.98 Å². The highest BCUT2D eigenvalue weighted by atomic mass is 32.2. The van der Waals surface area contributed by atoms with Crippen LogP contribution in [0.3, 0.4) is 0 Å². The van der Waals surface area contributed by atoms with Crippen molar-refractivity contribution in [2.24, 2.45) is 13.0 Å². The minimum absolute atomic E-state index is 0.271. The number of nitrogens with zero attached hydrogens (tertiary/aromatic N) is 2. The van der Waals surface area contributed by atoms with Gasteiger partial charge in [-0.2, -0.15) is 11.8 Å². The average molecular weight is 200 g/mol. The monoisotopic (exact) mass is 200 g/mol. The zero-order valence-electron chi connectivity index (χ0n) is 8.10. The number of thioether (sulfide) groups is 1. The van der Waals surface area contributed by atoms with Crippen molar-refractivity contribution in [2.45, 2.75) is 12.7 Å². The zero-order valence-corrected chi connectivity index (χ0v) is 8.92. The number of aryl methyl sites for hydroxylation is 1. The Morgan fingerprint density at radius 1 is 1.69 bits per heavy atom. The molecule has 0 amide bonds. The van der Waals surface area contributed by atoms with Crippen molar-refractivity contribution in [3.63, 3.8) is 0 Å². The van der Waals surface area contributed by atoms with Gasteiger partial charge >= 0.3 is 0 Å². The number of aliphatic hydroxyl groups excluding tert-OH is 1. The zero-order chi connectivity index (χ0) is 9.68. The fraction of sp³-hybridized carbons (Fsp3) is 0.667. The maximum atomic E-state index is 8.81. The van der Waals surface area contributed by atoms with E-state index in [4.69, 9.17) is 5.11 Å². The van der Waals surface area contributed by atoms with Gasteiger partial charge in [-0.15, -0.1) is 0 Å². The summed E-state index contributed by atoms with van der Waals surface area (Å²) in [6.07, 6.45) is 3.76. The molecule has 0 aliphatic heterocycles. The molecule has 0 fully saturated rings. The van der Waals surface area contributed by atoms with Gasteiger partial charge in [0.1, 0.15) is 5.82 Å². The number of hydrogen-bond acceptors (Lipinski definition) is 3. The molecule has 3 nitrogen and oxygen atoms in total. The van der Waals surface area contributed by atoms with Crippen LogP contribution in [0.25, 0.3) is 0 Å². The summed E-state index contributed by atoms with van der Waals surface area (Å²) in [6.45, 7) is 2.32. The van der Waals surface area contributed by atoms with Crippen LogP contribution >= 0.6 is 11.8 Å². The normalized spacial score (nSPS) is 13.2. The average Bonchev–Trinajstić information content (AvgIpc) is 2.52. The molecule has 13 heavy (non-hydrogen) atoms. The van der Waals surface area contributed by atoms with E-state index in [1.807, 2.05) is 42.7 Å². The third-order valence-corrected chi connectivity index (χ3v) is 3.13. The predicted molar refractivity (Wildman–Crippen MR) is 55.6 cm³/mol. The van der Waals surface area contributed by atoms with E-state index in [0.29, 0.717) is 5.92 Å². The number of hydrogen-bond donors (Lipinski definition) is 1. The Morgan fingerprint density at radius 3 is 3.00 bits per heavy atom. The summed E-state index contributed by atoms with van der Waals surface area (Å²) in [5.41, 5.74) is 0. The lowest BCUT2D eigenvalue weighted by molar-refractivity contribution is 0.250. The summed E-state index contributed by atoms with van der Waals surface area (Å²) < 4.78 is 2.02.